The minimum atomic E-state index is -0.519. The van der Waals surface area contributed by atoms with Gasteiger partial charge in [-0.15, -0.1) is 0 Å². The van der Waals surface area contributed by atoms with Crippen LogP contribution in [0.1, 0.15) is 62.3 Å². The highest BCUT2D eigenvalue weighted by atomic mass is 35.5. The van der Waals surface area contributed by atoms with Crippen molar-refractivity contribution in [2.75, 3.05) is 6.54 Å². The Morgan fingerprint density at radius 3 is 2.79 bits per heavy atom. The molecule has 6 nitrogen and oxygen atoms in total. The Hall–Kier alpha value is -2.99. The van der Waals surface area contributed by atoms with Crippen molar-refractivity contribution >= 4 is 17.7 Å². The van der Waals surface area contributed by atoms with Crippen LogP contribution in [0.2, 0.25) is 5.02 Å². The van der Waals surface area contributed by atoms with Gasteiger partial charge in [0.2, 0.25) is 0 Å². The Labute approximate surface area is 204 Å². The molecule has 2 aliphatic heterocycles. The van der Waals surface area contributed by atoms with Crippen molar-refractivity contribution in [1.82, 2.24) is 14.9 Å². The number of likely N-dealkylation sites (tertiary alicyclic amines) is 1. The van der Waals surface area contributed by atoms with Crippen LogP contribution in [-0.4, -0.2) is 33.1 Å². The number of H-pyrrole nitrogens is 1. The van der Waals surface area contributed by atoms with Crippen molar-refractivity contribution in [3.05, 3.63) is 58.0 Å². The molecule has 1 aromatic heterocycles. The Morgan fingerprint density at radius 1 is 1.18 bits per heavy atom. The molecular formula is C27H28ClN3O3. The number of amides is 1. The van der Waals surface area contributed by atoms with Gasteiger partial charge in [-0.1, -0.05) is 23.7 Å². The van der Waals surface area contributed by atoms with Crippen molar-refractivity contribution in [1.29, 1.82) is 0 Å². The van der Waals surface area contributed by atoms with Gasteiger partial charge in [0.1, 0.15) is 23.8 Å². The Morgan fingerprint density at radius 2 is 1.97 bits per heavy atom. The van der Waals surface area contributed by atoms with E-state index in [1.54, 1.807) is 0 Å². The summed E-state index contributed by atoms with van der Waals surface area (Å²) in [4.78, 5) is 23.2. The topological polar surface area (TPSA) is 67.5 Å². The lowest BCUT2D eigenvalue weighted by atomic mass is 9.86. The number of hydrogen-bond acceptors (Lipinski definition) is 4. The second-order valence-corrected chi connectivity index (χ2v) is 10.8. The van der Waals surface area contributed by atoms with Crippen LogP contribution in [0.4, 0.5) is 4.79 Å². The fourth-order valence-electron chi connectivity index (χ4n) is 5.40. The van der Waals surface area contributed by atoms with Gasteiger partial charge in [0.05, 0.1) is 11.7 Å². The number of rotatable bonds is 1. The summed E-state index contributed by atoms with van der Waals surface area (Å²) in [6.07, 6.45) is 3.30. The van der Waals surface area contributed by atoms with E-state index in [2.05, 4.69) is 23.2 Å². The number of benzene rings is 2. The zero-order chi connectivity index (χ0) is 23.6. The van der Waals surface area contributed by atoms with E-state index in [0.717, 1.165) is 70.4 Å². The molecule has 7 heteroatoms. The van der Waals surface area contributed by atoms with Crippen molar-refractivity contribution in [3.63, 3.8) is 0 Å². The van der Waals surface area contributed by atoms with Crippen molar-refractivity contribution in [2.45, 2.75) is 64.7 Å². The number of carbonyl (C=O) groups is 1. The summed E-state index contributed by atoms with van der Waals surface area (Å²) in [6, 6.07) is 10.2. The minimum absolute atomic E-state index is 0.0885. The number of nitrogens with zero attached hydrogens (tertiary/aromatic N) is 2. The number of ether oxygens (including phenoxy) is 2. The highest BCUT2D eigenvalue weighted by molar-refractivity contribution is 6.30. The molecule has 1 N–H and O–H groups in total. The monoisotopic (exact) mass is 477 g/mol. The number of imidazole rings is 1. The van der Waals surface area contributed by atoms with Gasteiger partial charge in [0, 0.05) is 34.0 Å². The molecule has 34 heavy (non-hydrogen) atoms. The van der Waals surface area contributed by atoms with Gasteiger partial charge in [-0.05, 0) is 75.8 Å². The lowest BCUT2D eigenvalue weighted by Crippen LogP contribution is -2.36. The minimum Gasteiger partial charge on any atom is -0.488 e. The van der Waals surface area contributed by atoms with Crippen LogP contribution in [0.5, 0.6) is 5.75 Å². The number of carbonyl (C=O) groups excluding carboxylic acids is 1. The molecule has 6 rings (SSSR count). The SMILES string of the molecule is CC(C)(C)OC(=O)N1CCC[C@H]1c1nc2c([nH]1)CCc1c-2ccc2c1OCc1cc(Cl)ccc1-2. The van der Waals surface area contributed by atoms with E-state index >= 15 is 0 Å². The summed E-state index contributed by atoms with van der Waals surface area (Å²) in [5, 5.41) is 0.727. The second kappa shape index (κ2) is 7.77. The van der Waals surface area contributed by atoms with E-state index in [1.807, 2.05) is 37.8 Å². The third-order valence-corrected chi connectivity index (χ3v) is 7.10. The fraction of sp³-hybridized carbons (Fsp3) is 0.407. The number of halogens is 1. The number of aromatic amines is 1. The second-order valence-electron chi connectivity index (χ2n) is 10.3. The normalized spacial score (nSPS) is 18.5. The summed E-state index contributed by atoms with van der Waals surface area (Å²) in [6.45, 7) is 6.90. The van der Waals surface area contributed by atoms with Gasteiger partial charge in [-0.2, -0.15) is 0 Å². The predicted octanol–water partition coefficient (Wildman–Crippen LogP) is 6.46. The summed E-state index contributed by atoms with van der Waals surface area (Å²) >= 11 is 6.19. The first kappa shape index (κ1) is 21.5. The maximum atomic E-state index is 12.8. The molecular weight excluding hydrogens is 450 g/mol. The lowest BCUT2D eigenvalue weighted by molar-refractivity contribution is 0.0218. The molecule has 0 radical (unpaired) electrons. The van der Waals surface area contributed by atoms with Crippen molar-refractivity contribution in [3.8, 4) is 28.1 Å². The van der Waals surface area contributed by atoms with Crippen LogP contribution in [0.25, 0.3) is 22.4 Å². The molecule has 1 saturated heterocycles. The van der Waals surface area contributed by atoms with Gasteiger partial charge in [0.15, 0.2) is 0 Å². The lowest BCUT2D eigenvalue weighted by Gasteiger charge is -2.27. The average molecular weight is 478 g/mol. The molecule has 3 aromatic rings. The van der Waals surface area contributed by atoms with Gasteiger partial charge in [-0.3, -0.25) is 4.90 Å². The van der Waals surface area contributed by atoms with Crippen molar-refractivity contribution in [2.24, 2.45) is 0 Å². The number of nitrogens with one attached hydrogen (secondary N) is 1. The van der Waals surface area contributed by atoms with Gasteiger partial charge in [0.25, 0.3) is 0 Å². The van der Waals surface area contributed by atoms with Crippen LogP contribution >= 0.6 is 11.6 Å². The maximum absolute atomic E-state index is 12.8. The van der Waals surface area contributed by atoms with Crippen LogP contribution in [-0.2, 0) is 24.2 Å². The Balaban J connectivity index is 1.35. The van der Waals surface area contributed by atoms with E-state index in [0.29, 0.717) is 13.2 Å². The molecule has 1 fully saturated rings. The third-order valence-electron chi connectivity index (χ3n) is 6.86. The van der Waals surface area contributed by atoms with Crippen LogP contribution in [0.15, 0.2) is 30.3 Å². The molecule has 3 heterocycles. The van der Waals surface area contributed by atoms with Gasteiger partial charge in [-0.25, -0.2) is 9.78 Å². The standard InChI is InChI=1S/C27H28ClN3O3/c1-27(2,3)34-26(32)31-12-4-5-22(31)25-29-21-11-10-20-18(23(21)30-25)8-9-19-17-7-6-16(28)13-15(17)14-33-24(19)20/h6-9,13,22H,4-5,10-12,14H2,1-3H3,(H,29,30)/t22-/m0/s1. The quantitative estimate of drug-likeness (QED) is 0.436. The molecule has 1 atom stereocenters. The molecule has 3 aliphatic rings. The molecule has 0 unspecified atom stereocenters. The highest BCUT2D eigenvalue weighted by Crippen LogP contribution is 2.47. The summed E-state index contributed by atoms with van der Waals surface area (Å²) < 4.78 is 11.9. The van der Waals surface area contributed by atoms with E-state index in [1.165, 1.54) is 11.1 Å². The van der Waals surface area contributed by atoms with E-state index in [4.69, 9.17) is 26.1 Å². The van der Waals surface area contributed by atoms with E-state index in [-0.39, 0.29) is 12.1 Å². The van der Waals surface area contributed by atoms with E-state index < -0.39 is 5.60 Å². The first-order valence-corrected chi connectivity index (χ1v) is 12.3. The molecule has 1 amide bonds. The first-order chi connectivity index (χ1) is 16.3. The zero-order valence-electron chi connectivity index (χ0n) is 19.7. The zero-order valence-corrected chi connectivity index (χ0v) is 20.5. The molecule has 0 saturated carbocycles. The average Bonchev–Trinajstić information content (AvgIpc) is 3.44. The predicted molar refractivity (Wildman–Crippen MR) is 131 cm³/mol. The van der Waals surface area contributed by atoms with E-state index in [9.17, 15) is 4.79 Å². The molecule has 2 aromatic carbocycles. The van der Waals surface area contributed by atoms with Gasteiger partial charge < -0.3 is 14.5 Å². The fourth-order valence-corrected chi connectivity index (χ4v) is 5.60. The number of fused-ring (bicyclic) bond motifs is 7. The Kier molecular flexibility index (Phi) is 4.92. The molecule has 176 valence electrons. The van der Waals surface area contributed by atoms with Gasteiger partial charge >= 0.3 is 6.09 Å². The van der Waals surface area contributed by atoms with Crippen molar-refractivity contribution < 1.29 is 14.3 Å². The summed E-state index contributed by atoms with van der Waals surface area (Å²) in [5.74, 6) is 1.80. The Bertz CT molecular complexity index is 1310. The maximum Gasteiger partial charge on any atom is 0.410 e. The smallest absolute Gasteiger partial charge is 0.410 e. The number of hydrogen-bond donors (Lipinski definition) is 1. The number of aryl methyl sites for hydroxylation is 1. The van der Waals surface area contributed by atoms with Crippen LogP contribution in [0, 0.1) is 0 Å². The largest absolute Gasteiger partial charge is 0.488 e. The third kappa shape index (κ3) is 3.56. The molecule has 1 aliphatic carbocycles. The van der Waals surface area contributed by atoms with Crippen LogP contribution in [0.3, 0.4) is 0 Å². The summed E-state index contributed by atoms with van der Waals surface area (Å²) in [5.41, 5.74) is 7.31. The summed E-state index contributed by atoms with van der Waals surface area (Å²) in [7, 11) is 0. The number of aromatic nitrogens is 2. The van der Waals surface area contributed by atoms with Crippen LogP contribution < -0.4 is 4.74 Å². The highest BCUT2D eigenvalue weighted by Gasteiger charge is 2.36. The molecule has 0 bridgehead atoms. The first-order valence-electron chi connectivity index (χ1n) is 11.9. The molecule has 0 spiro atoms.